The lowest BCUT2D eigenvalue weighted by molar-refractivity contribution is -0.137. The first-order valence-electron chi connectivity index (χ1n) is 5.13. The third kappa shape index (κ3) is 3.32. The summed E-state index contributed by atoms with van der Waals surface area (Å²) in [6, 6.07) is 4.25. The number of nitrogen functional groups attached to an aromatic ring is 1. The van der Waals surface area contributed by atoms with Crippen molar-refractivity contribution in [3.63, 3.8) is 0 Å². The molecule has 0 saturated heterocycles. The first-order chi connectivity index (χ1) is 8.99. The van der Waals surface area contributed by atoms with Crippen LogP contribution >= 0.6 is 0 Å². The number of hydrogen-bond donors (Lipinski definition) is 2. The van der Waals surface area contributed by atoms with Crippen LogP contribution in [0.1, 0.15) is 5.56 Å². The number of nitrogens with two attached hydrogens (primary N) is 1. The molecule has 3 N–H and O–H groups in total. The van der Waals surface area contributed by atoms with E-state index in [-0.39, 0.29) is 17.4 Å². The zero-order chi connectivity index (χ0) is 13.9. The third-order valence-electron chi connectivity index (χ3n) is 2.16. The number of hydrazine groups is 1. The van der Waals surface area contributed by atoms with Crippen molar-refractivity contribution in [1.29, 1.82) is 0 Å². The molecule has 8 heteroatoms. The summed E-state index contributed by atoms with van der Waals surface area (Å²) in [6.45, 7) is 0. The number of aromatic nitrogens is 2. The summed E-state index contributed by atoms with van der Waals surface area (Å²) in [5.41, 5.74) is 1.53. The van der Waals surface area contributed by atoms with Crippen LogP contribution in [0.5, 0.6) is 11.6 Å². The minimum Gasteiger partial charge on any atom is -0.437 e. The van der Waals surface area contributed by atoms with E-state index in [0.29, 0.717) is 0 Å². The van der Waals surface area contributed by atoms with Gasteiger partial charge in [0, 0.05) is 0 Å². The largest absolute Gasteiger partial charge is 0.437 e. The first-order valence-corrected chi connectivity index (χ1v) is 5.13. The molecule has 2 rings (SSSR count). The molecule has 0 aliphatic rings. The predicted octanol–water partition coefficient (Wildman–Crippen LogP) is 2.57. The maximum Gasteiger partial charge on any atom is 0.416 e. The van der Waals surface area contributed by atoms with Crippen LogP contribution in [0.3, 0.4) is 0 Å². The van der Waals surface area contributed by atoms with E-state index < -0.39 is 11.7 Å². The van der Waals surface area contributed by atoms with Gasteiger partial charge >= 0.3 is 6.18 Å². The van der Waals surface area contributed by atoms with Crippen LogP contribution in [0.15, 0.2) is 36.7 Å². The van der Waals surface area contributed by atoms with Crippen molar-refractivity contribution in [2.75, 3.05) is 5.43 Å². The van der Waals surface area contributed by atoms with Crippen LogP contribution in [0.25, 0.3) is 0 Å². The smallest absolute Gasteiger partial charge is 0.416 e. The fourth-order valence-corrected chi connectivity index (χ4v) is 1.30. The zero-order valence-electron chi connectivity index (χ0n) is 9.48. The van der Waals surface area contributed by atoms with Gasteiger partial charge in [0.15, 0.2) is 5.82 Å². The molecule has 100 valence electrons. The molecular formula is C11H9F3N4O. The predicted molar refractivity (Wildman–Crippen MR) is 61.4 cm³/mol. The molecule has 0 unspecified atom stereocenters. The standard InChI is InChI=1S/C11H9F3N4O/c12-11(13,14)7-1-3-8(4-2-7)19-10-6-16-5-9(17-10)18-15/h1-6H,15H2,(H,17,18). The van der Waals surface area contributed by atoms with E-state index >= 15 is 0 Å². The first kappa shape index (κ1) is 13.1. The third-order valence-corrected chi connectivity index (χ3v) is 2.16. The van der Waals surface area contributed by atoms with Crippen LogP contribution in [0.4, 0.5) is 19.0 Å². The molecule has 0 radical (unpaired) electrons. The average molecular weight is 270 g/mol. The van der Waals surface area contributed by atoms with E-state index in [1.54, 1.807) is 0 Å². The van der Waals surface area contributed by atoms with Crippen molar-refractivity contribution >= 4 is 5.82 Å². The Morgan fingerprint density at radius 3 is 2.37 bits per heavy atom. The fraction of sp³-hybridized carbons (Fsp3) is 0.0909. The maximum atomic E-state index is 12.4. The van der Waals surface area contributed by atoms with Crippen molar-refractivity contribution in [3.8, 4) is 11.6 Å². The van der Waals surface area contributed by atoms with Gasteiger partial charge in [0.2, 0.25) is 5.88 Å². The Bertz CT molecular complexity index is 557. The number of rotatable bonds is 3. The molecule has 0 atom stereocenters. The summed E-state index contributed by atoms with van der Waals surface area (Å²) in [7, 11) is 0. The maximum absolute atomic E-state index is 12.4. The molecule has 0 spiro atoms. The van der Waals surface area contributed by atoms with Gasteiger partial charge in [-0.25, -0.2) is 5.84 Å². The lowest BCUT2D eigenvalue weighted by Gasteiger charge is -2.08. The summed E-state index contributed by atoms with van der Waals surface area (Å²) >= 11 is 0. The van der Waals surface area contributed by atoms with Crippen molar-refractivity contribution in [2.24, 2.45) is 5.84 Å². The molecular weight excluding hydrogens is 261 g/mol. The number of ether oxygens (including phenoxy) is 1. The molecule has 19 heavy (non-hydrogen) atoms. The van der Waals surface area contributed by atoms with Gasteiger partial charge in [0.05, 0.1) is 18.0 Å². The van der Waals surface area contributed by atoms with Crippen molar-refractivity contribution in [3.05, 3.63) is 42.2 Å². The van der Waals surface area contributed by atoms with Gasteiger partial charge in [-0.05, 0) is 24.3 Å². The van der Waals surface area contributed by atoms with Crippen molar-refractivity contribution in [2.45, 2.75) is 6.18 Å². The summed E-state index contributed by atoms with van der Waals surface area (Å²) in [4.78, 5) is 7.71. The molecule has 0 saturated carbocycles. The molecule has 1 aromatic carbocycles. The van der Waals surface area contributed by atoms with Gasteiger partial charge in [0.25, 0.3) is 0 Å². The quantitative estimate of drug-likeness (QED) is 0.662. The van der Waals surface area contributed by atoms with Crippen molar-refractivity contribution < 1.29 is 17.9 Å². The van der Waals surface area contributed by atoms with E-state index in [1.165, 1.54) is 24.5 Å². The van der Waals surface area contributed by atoms with E-state index in [1.807, 2.05) is 0 Å². The second kappa shape index (κ2) is 5.11. The monoisotopic (exact) mass is 270 g/mol. The van der Waals surface area contributed by atoms with Crippen LogP contribution in [-0.2, 0) is 6.18 Å². The second-order valence-corrected chi connectivity index (χ2v) is 3.51. The topological polar surface area (TPSA) is 73.1 Å². The van der Waals surface area contributed by atoms with Gasteiger partial charge in [-0.15, -0.1) is 0 Å². The number of alkyl halides is 3. The lowest BCUT2D eigenvalue weighted by atomic mass is 10.2. The number of benzene rings is 1. The average Bonchev–Trinajstić information content (AvgIpc) is 2.38. The molecule has 0 fully saturated rings. The number of anilines is 1. The molecule has 0 aliphatic heterocycles. The molecule has 1 heterocycles. The van der Waals surface area contributed by atoms with Crippen LogP contribution < -0.4 is 16.0 Å². The molecule has 0 bridgehead atoms. The fourth-order valence-electron chi connectivity index (χ4n) is 1.30. The zero-order valence-corrected chi connectivity index (χ0v) is 9.48. The minimum atomic E-state index is -4.37. The summed E-state index contributed by atoms with van der Waals surface area (Å²) in [5.74, 6) is 5.77. The van der Waals surface area contributed by atoms with Gasteiger partial charge < -0.3 is 10.2 Å². The van der Waals surface area contributed by atoms with Gasteiger partial charge in [-0.3, -0.25) is 4.98 Å². The minimum absolute atomic E-state index is 0.121. The Labute approximate surface area is 106 Å². The number of hydrogen-bond acceptors (Lipinski definition) is 5. The highest BCUT2D eigenvalue weighted by Crippen LogP contribution is 2.31. The SMILES string of the molecule is NNc1cncc(Oc2ccc(C(F)(F)F)cc2)n1. The number of nitrogens with zero attached hydrogens (tertiary/aromatic N) is 2. The van der Waals surface area contributed by atoms with E-state index in [2.05, 4.69) is 15.4 Å². The normalized spacial score (nSPS) is 11.2. The Hall–Kier alpha value is -2.35. The summed E-state index contributed by atoms with van der Waals surface area (Å²) in [5, 5.41) is 0. The van der Waals surface area contributed by atoms with Gasteiger partial charge in [-0.2, -0.15) is 18.2 Å². The van der Waals surface area contributed by atoms with Crippen LogP contribution in [0.2, 0.25) is 0 Å². The second-order valence-electron chi connectivity index (χ2n) is 3.51. The van der Waals surface area contributed by atoms with E-state index in [4.69, 9.17) is 10.6 Å². The summed E-state index contributed by atoms with van der Waals surface area (Å²) in [6.07, 6.45) is -1.68. The number of nitrogens with one attached hydrogen (secondary N) is 1. The van der Waals surface area contributed by atoms with E-state index in [0.717, 1.165) is 12.1 Å². The van der Waals surface area contributed by atoms with Crippen LogP contribution in [-0.4, -0.2) is 9.97 Å². The van der Waals surface area contributed by atoms with Crippen molar-refractivity contribution in [1.82, 2.24) is 9.97 Å². The van der Waals surface area contributed by atoms with Crippen LogP contribution in [0, 0.1) is 0 Å². The highest BCUT2D eigenvalue weighted by Gasteiger charge is 2.30. The molecule has 0 aliphatic carbocycles. The highest BCUT2D eigenvalue weighted by molar-refractivity contribution is 5.35. The van der Waals surface area contributed by atoms with Gasteiger partial charge in [0.1, 0.15) is 5.75 Å². The highest BCUT2D eigenvalue weighted by atomic mass is 19.4. The Morgan fingerprint density at radius 2 is 1.79 bits per heavy atom. The Kier molecular flexibility index (Phi) is 3.52. The summed E-state index contributed by atoms with van der Waals surface area (Å²) < 4.78 is 42.3. The molecule has 5 nitrogen and oxygen atoms in total. The lowest BCUT2D eigenvalue weighted by Crippen LogP contribution is -2.09. The molecule has 2 aromatic rings. The Morgan fingerprint density at radius 1 is 1.11 bits per heavy atom. The Balaban J connectivity index is 2.15. The molecule has 0 amide bonds. The van der Waals surface area contributed by atoms with E-state index in [9.17, 15) is 13.2 Å². The van der Waals surface area contributed by atoms with Gasteiger partial charge in [-0.1, -0.05) is 0 Å². The molecule has 1 aromatic heterocycles. The number of halogens is 3.